The van der Waals surface area contributed by atoms with Crippen LogP contribution < -0.4 is 15.5 Å². The molecule has 0 aliphatic carbocycles. The number of rotatable bonds is 6. The summed E-state index contributed by atoms with van der Waals surface area (Å²) in [6.45, 7) is 0.264. The first-order chi connectivity index (χ1) is 15.0. The van der Waals surface area contributed by atoms with Gasteiger partial charge < -0.3 is 10.1 Å². The Labute approximate surface area is 193 Å². The molecule has 3 rings (SSSR count). The maximum Gasteiger partial charge on any atom is 0.329 e. The number of ether oxygens (including phenoxy) is 1. The highest BCUT2D eigenvalue weighted by Crippen LogP contribution is 2.29. The fourth-order valence-corrected chi connectivity index (χ4v) is 3.02. The van der Waals surface area contributed by atoms with Gasteiger partial charge in [0.1, 0.15) is 12.4 Å². The number of hydrogen-bond donors (Lipinski definition) is 2. The smallest absolute Gasteiger partial charge is 0.329 e. The second-order valence-electron chi connectivity index (χ2n) is 6.17. The molecule has 9 heteroatoms. The van der Waals surface area contributed by atoms with Crippen molar-refractivity contribution in [2.75, 3.05) is 5.32 Å². The Morgan fingerprint density at radius 1 is 0.871 bits per heavy atom. The van der Waals surface area contributed by atoms with Crippen molar-refractivity contribution in [2.45, 2.75) is 6.61 Å². The lowest BCUT2D eigenvalue weighted by Crippen LogP contribution is -2.32. The third-order valence-electron chi connectivity index (χ3n) is 4.04. The minimum absolute atomic E-state index is 0.137. The molecule has 0 aliphatic rings. The first-order valence-corrected chi connectivity index (χ1v) is 10.1. The number of para-hydroxylation sites is 1. The van der Waals surface area contributed by atoms with E-state index in [0.29, 0.717) is 16.3 Å². The first-order valence-electron chi connectivity index (χ1n) is 8.99. The van der Waals surface area contributed by atoms with Crippen LogP contribution in [0, 0.1) is 0 Å². The van der Waals surface area contributed by atoms with Gasteiger partial charge >= 0.3 is 11.8 Å². The summed E-state index contributed by atoms with van der Waals surface area (Å²) in [5.74, 6) is -1.37. The van der Waals surface area contributed by atoms with Gasteiger partial charge in [0.15, 0.2) is 0 Å². The lowest BCUT2D eigenvalue weighted by molar-refractivity contribution is -0.136. The monoisotopic (exact) mass is 475 g/mol. The van der Waals surface area contributed by atoms with E-state index in [1.54, 1.807) is 42.5 Å². The highest BCUT2D eigenvalue weighted by molar-refractivity contribution is 6.45. The van der Waals surface area contributed by atoms with Crippen molar-refractivity contribution in [2.24, 2.45) is 5.10 Å². The number of benzene rings is 3. The van der Waals surface area contributed by atoms with E-state index < -0.39 is 11.8 Å². The number of nitrogens with one attached hydrogen (secondary N) is 2. The van der Waals surface area contributed by atoms with E-state index >= 15 is 0 Å². The molecular weight excluding hydrogens is 461 g/mol. The number of carbonyl (C=O) groups excluding carboxylic acids is 2. The number of anilines is 1. The zero-order valence-corrected chi connectivity index (χ0v) is 18.2. The Balaban J connectivity index is 1.60. The summed E-state index contributed by atoms with van der Waals surface area (Å²) in [6, 6.07) is 19.1. The number of nitrogens with zero attached hydrogens (tertiary/aromatic N) is 1. The van der Waals surface area contributed by atoms with Crippen molar-refractivity contribution in [3.63, 3.8) is 0 Å². The van der Waals surface area contributed by atoms with Gasteiger partial charge in [-0.05, 0) is 30.3 Å². The molecule has 0 heterocycles. The maximum atomic E-state index is 12.0. The minimum Gasteiger partial charge on any atom is -0.488 e. The Morgan fingerprint density at radius 3 is 2.39 bits per heavy atom. The zero-order valence-electron chi connectivity index (χ0n) is 15.9. The van der Waals surface area contributed by atoms with Crippen LogP contribution in [0.1, 0.15) is 11.1 Å². The van der Waals surface area contributed by atoms with Crippen LogP contribution in [0.3, 0.4) is 0 Å². The Hall–Kier alpha value is -3.06. The van der Waals surface area contributed by atoms with E-state index in [1.165, 1.54) is 12.3 Å². The van der Waals surface area contributed by atoms with Crippen LogP contribution in [0.25, 0.3) is 0 Å². The molecule has 6 nitrogen and oxygen atoms in total. The Morgan fingerprint density at radius 2 is 1.58 bits per heavy atom. The molecule has 0 unspecified atom stereocenters. The summed E-state index contributed by atoms with van der Waals surface area (Å²) in [5, 5.41) is 7.20. The van der Waals surface area contributed by atoms with Crippen LogP contribution in [-0.4, -0.2) is 18.0 Å². The molecule has 31 heavy (non-hydrogen) atoms. The average molecular weight is 477 g/mol. The normalized spacial score (nSPS) is 10.7. The molecule has 0 saturated carbocycles. The largest absolute Gasteiger partial charge is 0.488 e. The second kappa shape index (κ2) is 10.8. The minimum atomic E-state index is -0.971. The molecule has 0 saturated heterocycles. The molecule has 0 radical (unpaired) electrons. The molecule has 0 atom stereocenters. The van der Waals surface area contributed by atoms with Crippen LogP contribution in [0.4, 0.5) is 5.69 Å². The number of hydrazone groups is 1. The van der Waals surface area contributed by atoms with E-state index in [1.807, 2.05) is 18.2 Å². The molecule has 0 aliphatic heterocycles. The third kappa shape index (κ3) is 6.21. The first kappa shape index (κ1) is 22.6. The van der Waals surface area contributed by atoms with Crippen LogP contribution >= 0.6 is 34.8 Å². The van der Waals surface area contributed by atoms with Crippen LogP contribution in [-0.2, 0) is 16.2 Å². The van der Waals surface area contributed by atoms with Crippen molar-refractivity contribution in [1.29, 1.82) is 0 Å². The predicted molar refractivity (Wildman–Crippen MR) is 123 cm³/mol. The molecule has 2 N–H and O–H groups in total. The van der Waals surface area contributed by atoms with Gasteiger partial charge in [-0.1, -0.05) is 71.2 Å². The van der Waals surface area contributed by atoms with Crippen LogP contribution in [0.2, 0.25) is 15.1 Å². The van der Waals surface area contributed by atoms with Crippen LogP contribution in [0.15, 0.2) is 71.8 Å². The van der Waals surface area contributed by atoms with E-state index in [4.69, 9.17) is 39.5 Å². The molecular formula is C22H16Cl3N3O3. The van der Waals surface area contributed by atoms with Crippen LogP contribution in [0.5, 0.6) is 5.75 Å². The van der Waals surface area contributed by atoms with E-state index in [0.717, 1.165) is 5.56 Å². The van der Waals surface area contributed by atoms with Gasteiger partial charge in [0.2, 0.25) is 0 Å². The van der Waals surface area contributed by atoms with Gasteiger partial charge in [0, 0.05) is 16.1 Å². The van der Waals surface area contributed by atoms with Crippen molar-refractivity contribution in [3.8, 4) is 5.75 Å². The molecule has 3 aromatic carbocycles. The summed E-state index contributed by atoms with van der Waals surface area (Å²) in [5.41, 5.74) is 3.82. The third-order valence-corrected chi connectivity index (χ3v) is 5.22. The number of carbonyl (C=O) groups is 2. The van der Waals surface area contributed by atoms with E-state index in [9.17, 15) is 9.59 Å². The summed E-state index contributed by atoms with van der Waals surface area (Å²) in [7, 11) is 0. The fourth-order valence-electron chi connectivity index (χ4n) is 2.48. The van der Waals surface area contributed by atoms with Gasteiger partial charge in [-0.3, -0.25) is 9.59 Å². The summed E-state index contributed by atoms with van der Waals surface area (Å²) >= 11 is 18.0. The highest BCUT2D eigenvalue weighted by Gasteiger charge is 2.15. The lowest BCUT2D eigenvalue weighted by Gasteiger charge is -2.10. The predicted octanol–water partition coefficient (Wildman–Crippen LogP) is 5.31. The molecule has 158 valence electrons. The SMILES string of the molecule is O=C(N/N=C/c1ccccc1OCc1ccccc1Cl)C(=O)Nc1cccc(Cl)c1Cl. The van der Waals surface area contributed by atoms with Gasteiger partial charge in [-0.2, -0.15) is 5.10 Å². The van der Waals surface area contributed by atoms with E-state index in [2.05, 4.69) is 15.8 Å². The van der Waals surface area contributed by atoms with Gasteiger partial charge in [0.05, 0.1) is 21.9 Å². The quantitative estimate of drug-likeness (QED) is 0.287. The molecule has 3 aromatic rings. The second-order valence-corrected chi connectivity index (χ2v) is 7.36. The molecule has 0 bridgehead atoms. The molecule has 0 aromatic heterocycles. The molecule has 2 amide bonds. The van der Waals surface area contributed by atoms with Gasteiger partial charge in [-0.15, -0.1) is 0 Å². The van der Waals surface area contributed by atoms with Crippen molar-refractivity contribution in [3.05, 3.63) is 92.9 Å². The zero-order chi connectivity index (χ0) is 22.2. The molecule has 0 fully saturated rings. The van der Waals surface area contributed by atoms with Gasteiger partial charge in [0.25, 0.3) is 0 Å². The maximum absolute atomic E-state index is 12.0. The lowest BCUT2D eigenvalue weighted by atomic mass is 10.2. The van der Waals surface area contributed by atoms with Gasteiger partial charge in [-0.25, -0.2) is 5.43 Å². The number of halogens is 3. The topological polar surface area (TPSA) is 79.8 Å². The summed E-state index contributed by atoms with van der Waals surface area (Å²) < 4.78 is 5.82. The van der Waals surface area contributed by atoms with Crippen molar-refractivity contribution >= 4 is 58.5 Å². The van der Waals surface area contributed by atoms with Crippen molar-refractivity contribution < 1.29 is 14.3 Å². The van der Waals surface area contributed by atoms with E-state index in [-0.39, 0.29) is 22.3 Å². The Kier molecular flexibility index (Phi) is 7.89. The Bertz CT molecular complexity index is 1140. The highest BCUT2D eigenvalue weighted by atomic mass is 35.5. The standard InChI is InChI=1S/C22H16Cl3N3O3/c23-16-8-3-1-7-15(16)13-31-19-11-4-2-6-14(19)12-26-28-22(30)21(29)27-18-10-5-9-17(24)20(18)25/h1-12H,13H2,(H,27,29)(H,28,30)/b26-12+. The number of hydrogen-bond acceptors (Lipinski definition) is 4. The number of amides is 2. The summed E-state index contributed by atoms with van der Waals surface area (Å²) in [6.07, 6.45) is 1.37. The van der Waals surface area contributed by atoms with Crippen molar-refractivity contribution in [1.82, 2.24) is 5.43 Å². The summed E-state index contributed by atoms with van der Waals surface area (Å²) in [4.78, 5) is 24.0. The average Bonchev–Trinajstić information content (AvgIpc) is 2.77. The molecule has 0 spiro atoms. The fraction of sp³-hybridized carbons (Fsp3) is 0.0455.